The Morgan fingerprint density at radius 1 is 0.913 bits per heavy atom. The third kappa shape index (κ3) is 3.97. The van der Waals surface area contributed by atoms with Crippen molar-refractivity contribution >= 4 is 15.7 Å². The minimum atomic E-state index is -4.88. The fourth-order valence-corrected chi connectivity index (χ4v) is 2.57. The van der Waals surface area contributed by atoms with E-state index in [4.69, 9.17) is 0 Å². The van der Waals surface area contributed by atoms with Crippen molar-refractivity contribution in [3.63, 3.8) is 0 Å². The Kier molecular flexibility index (Phi) is 4.09. The van der Waals surface area contributed by atoms with Crippen molar-refractivity contribution in [3.05, 3.63) is 47.7 Å². The molecule has 0 saturated heterocycles. The van der Waals surface area contributed by atoms with Gasteiger partial charge in [-0.15, -0.1) is 0 Å². The van der Waals surface area contributed by atoms with Crippen LogP contribution in [0.4, 0.5) is 32.0 Å². The summed E-state index contributed by atoms with van der Waals surface area (Å²) in [5.41, 5.74) is -1.59. The van der Waals surface area contributed by atoms with E-state index in [0.717, 1.165) is 12.1 Å². The molecule has 0 aliphatic rings. The van der Waals surface area contributed by atoms with Gasteiger partial charge in [-0.1, -0.05) is 6.07 Å². The maximum absolute atomic E-state index is 12.5. The average molecular weight is 359 g/mol. The Labute approximate surface area is 125 Å². The molecule has 0 atom stereocenters. The van der Waals surface area contributed by atoms with E-state index in [9.17, 15) is 34.8 Å². The van der Waals surface area contributed by atoms with Crippen LogP contribution < -0.4 is 4.72 Å². The number of hydrogen-bond acceptors (Lipinski definition) is 3. The summed E-state index contributed by atoms with van der Waals surface area (Å²) in [7, 11) is -4.60. The number of anilines is 1. The van der Waals surface area contributed by atoms with Gasteiger partial charge in [0.2, 0.25) is 10.9 Å². The second-order valence-electron chi connectivity index (χ2n) is 4.30. The highest BCUT2D eigenvalue weighted by atomic mass is 32.2. The highest BCUT2D eigenvalue weighted by Crippen LogP contribution is 2.33. The summed E-state index contributed by atoms with van der Waals surface area (Å²) < 4.78 is 104. The summed E-state index contributed by atoms with van der Waals surface area (Å²) in [6, 6.07) is 4.14. The number of alkyl halides is 6. The topological polar surface area (TPSA) is 59.3 Å². The number of benzene rings is 1. The minimum absolute atomic E-state index is 0.403. The molecule has 0 radical (unpaired) electrons. The van der Waals surface area contributed by atoms with E-state index in [1.54, 1.807) is 4.72 Å². The molecule has 1 aromatic carbocycles. The lowest BCUT2D eigenvalue weighted by Crippen LogP contribution is -2.13. The van der Waals surface area contributed by atoms with Gasteiger partial charge in [-0.25, -0.2) is 0 Å². The molecule has 0 amide bonds. The lowest BCUT2D eigenvalue weighted by Gasteiger charge is -2.10. The Hall–Kier alpha value is -2.17. The average Bonchev–Trinajstić information content (AvgIpc) is 2.87. The molecule has 0 bridgehead atoms. The van der Waals surface area contributed by atoms with E-state index >= 15 is 0 Å². The van der Waals surface area contributed by atoms with E-state index < -0.39 is 44.5 Å². The van der Waals surface area contributed by atoms with Crippen molar-refractivity contribution in [2.45, 2.75) is 17.4 Å². The van der Waals surface area contributed by atoms with Gasteiger partial charge < -0.3 is 4.42 Å². The van der Waals surface area contributed by atoms with Gasteiger partial charge in [-0.05, 0) is 30.3 Å². The quantitative estimate of drug-likeness (QED) is 0.839. The van der Waals surface area contributed by atoms with Gasteiger partial charge in [0.25, 0.3) is 10.0 Å². The van der Waals surface area contributed by atoms with Crippen molar-refractivity contribution in [2.24, 2.45) is 0 Å². The molecular weight excluding hydrogens is 352 g/mol. The van der Waals surface area contributed by atoms with Crippen LogP contribution in [0.1, 0.15) is 11.3 Å². The summed E-state index contributed by atoms with van der Waals surface area (Å²) in [5.74, 6) is -1.54. The van der Waals surface area contributed by atoms with Crippen LogP contribution in [-0.2, 0) is 22.4 Å². The van der Waals surface area contributed by atoms with E-state index in [1.807, 2.05) is 0 Å². The molecule has 11 heteroatoms. The molecule has 4 nitrogen and oxygen atoms in total. The molecule has 0 fully saturated rings. The van der Waals surface area contributed by atoms with Crippen LogP contribution in [-0.4, -0.2) is 8.42 Å². The number of furan rings is 1. The number of sulfonamides is 1. The lowest BCUT2D eigenvalue weighted by molar-refractivity contribution is -0.154. The molecule has 0 spiro atoms. The molecule has 1 aromatic heterocycles. The Bertz CT molecular complexity index is 807. The molecule has 0 aliphatic heterocycles. The van der Waals surface area contributed by atoms with Crippen LogP contribution in [0.3, 0.4) is 0 Å². The van der Waals surface area contributed by atoms with E-state index in [1.165, 1.54) is 0 Å². The van der Waals surface area contributed by atoms with Gasteiger partial charge >= 0.3 is 12.4 Å². The Morgan fingerprint density at radius 3 is 2.09 bits per heavy atom. The molecule has 0 saturated carbocycles. The summed E-state index contributed by atoms with van der Waals surface area (Å²) in [6.07, 6.45) is -9.58. The summed E-state index contributed by atoms with van der Waals surface area (Å²) in [6.45, 7) is 0. The first-order chi connectivity index (χ1) is 10.4. The van der Waals surface area contributed by atoms with Gasteiger partial charge in [0.1, 0.15) is 0 Å². The van der Waals surface area contributed by atoms with Crippen LogP contribution in [0.15, 0.2) is 45.9 Å². The zero-order valence-corrected chi connectivity index (χ0v) is 11.7. The van der Waals surface area contributed by atoms with Crippen LogP contribution >= 0.6 is 0 Å². The maximum atomic E-state index is 12.5. The second-order valence-corrected chi connectivity index (χ2v) is 5.91. The predicted molar refractivity (Wildman–Crippen MR) is 66.0 cm³/mol. The molecule has 1 heterocycles. The third-order valence-corrected chi connectivity index (χ3v) is 3.82. The zero-order valence-electron chi connectivity index (χ0n) is 10.9. The number of hydrogen-bond donors (Lipinski definition) is 1. The highest BCUT2D eigenvalue weighted by molar-refractivity contribution is 7.92. The smallest absolute Gasteiger partial charge is 0.438 e. The van der Waals surface area contributed by atoms with Crippen molar-refractivity contribution in [2.75, 3.05) is 4.72 Å². The molecule has 23 heavy (non-hydrogen) atoms. The van der Waals surface area contributed by atoms with Gasteiger partial charge in [0, 0.05) is 5.69 Å². The van der Waals surface area contributed by atoms with Crippen molar-refractivity contribution in [1.29, 1.82) is 0 Å². The number of nitrogens with one attached hydrogen (secondary N) is 1. The first-order valence-corrected chi connectivity index (χ1v) is 7.25. The van der Waals surface area contributed by atoms with Crippen molar-refractivity contribution in [1.82, 2.24) is 0 Å². The Balaban J connectivity index is 2.30. The lowest BCUT2D eigenvalue weighted by atomic mass is 10.2. The highest BCUT2D eigenvalue weighted by Gasteiger charge is 2.36. The monoisotopic (exact) mass is 359 g/mol. The molecule has 2 rings (SSSR count). The number of rotatable bonds is 3. The summed E-state index contributed by atoms with van der Waals surface area (Å²) in [4.78, 5) is 0. The molecule has 1 N–H and O–H groups in total. The predicted octanol–water partition coefficient (Wildman–Crippen LogP) is 4.12. The van der Waals surface area contributed by atoms with Crippen LogP contribution in [0.2, 0.25) is 0 Å². The fourth-order valence-electron chi connectivity index (χ4n) is 1.58. The van der Waals surface area contributed by atoms with E-state index in [2.05, 4.69) is 4.42 Å². The van der Waals surface area contributed by atoms with Gasteiger partial charge in [0.05, 0.1) is 5.56 Å². The molecule has 126 valence electrons. The number of halogens is 6. The largest absolute Gasteiger partial charge is 0.449 e. The Morgan fingerprint density at radius 2 is 1.57 bits per heavy atom. The normalized spacial score (nSPS) is 13.1. The van der Waals surface area contributed by atoms with E-state index in [-0.39, 0.29) is 0 Å². The molecular formula is C12H7F6NO3S. The van der Waals surface area contributed by atoms with Gasteiger partial charge in [-0.2, -0.15) is 34.8 Å². The van der Waals surface area contributed by atoms with Crippen LogP contribution in [0, 0.1) is 0 Å². The SMILES string of the molecule is O=S(=O)(Nc1cccc(C(F)(F)F)c1)c1ccc(C(F)(F)F)o1. The van der Waals surface area contributed by atoms with Crippen LogP contribution in [0.5, 0.6) is 0 Å². The summed E-state index contributed by atoms with van der Waals surface area (Å²) in [5, 5.41) is -1.07. The minimum Gasteiger partial charge on any atom is -0.438 e. The molecule has 0 aliphatic carbocycles. The summed E-state index contributed by atoms with van der Waals surface area (Å²) >= 11 is 0. The first-order valence-electron chi connectivity index (χ1n) is 5.77. The zero-order chi connectivity index (χ0) is 17.5. The molecule has 2 aromatic rings. The van der Waals surface area contributed by atoms with E-state index in [0.29, 0.717) is 24.3 Å². The van der Waals surface area contributed by atoms with Crippen molar-refractivity contribution in [3.8, 4) is 0 Å². The van der Waals surface area contributed by atoms with Crippen molar-refractivity contribution < 1.29 is 39.2 Å². The first kappa shape index (κ1) is 17.2. The van der Waals surface area contributed by atoms with Gasteiger partial charge in [-0.3, -0.25) is 4.72 Å². The fraction of sp³-hybridized carbons (Fsp3) is 0.167. The third-order valence-electron chi connectivity index (χ3n) is 2.57. The molecule has 0 unspecified atom stereocenters. The van der Waals surface area contributed by atoms with Crippen LogP contribution in [0.25, 0.3) is 0 Å². The standard InChI is InChI=1S/C12H7F6NO3S/c13-11(14,15)7-2-1-3-8(6-7)19-23(20,21)10-5-4-9(22-10)12(16,17)18/h1-6,19H. The second kappa shape index (κ2) is 5.48. The van der Waals surface area contributed by atoms with Gasteiger partial charge in [0.15, 0.2) is 0 Å². The maximum Gasteiger partial charge on any atom is 0.449 e.